The summed E-state index contributed by atoms with van der Waals surface area (Å²) in [5.41, 5.74) is 0. The number of nitrogens with one attached hydrogen (secondary N) is 1. The number of anilines is 1. The van der Waals surface area contributed by atoms with Crippen LogP contribution in [-0.2, 0) is 11.3 Å². The van der Waals surface area contributed by atoms with Crippen molar-refractivity contribution in [3.63, 3.8) is 0 Å². The van der Waals surface area contributed by atoms with Crippen LogP contribution in [0.3, 0.4) is 0 Å². The molecule has 74 valence electrons. The van der Waals surface area contributed by atoms with Crippen molar-refractivity contribution in [1.82, 2.24) is 15.0 Å². The number of hydrogen-bond acceptors (Lipinski definition) is 4. The van der Waals surface area contributed by atoms with Gasteiger partial charge in [-0.2, -0.15) is 0 Å². The first-order valence-corrected chi connectivity index (χ1v) is 5.20. The van der Waals surface area contributed by atoms with Crippen molar-refractivity contribution in [2.45, 2.75) is 19.4 Å². The molecule has 0 aromatic carbocycles. The van der Waals surface area contributed by atoms with Crippen molar-refractivity contribution < 1.29 is 4.74 Å². The van der Waals surface area contributed by atoms with E-state index in [9.17, 15) is 0 Å². The Morgan fingerprint density at radius 3 is 3.08 bits per heavy atom. The van der Waals surface area contributed by atoms with E-state index in [-0.39, 0.29) is 0 Å². The van der Waals surface area contributed by atoms with Crippen LogP contribution in [0.2, 0.25) is 0 Å². The van der Waals surface area contributed by atoms with Gasteiger partial charge in [0.25, 0.3) is 0 Å². The number of hydrogen-bond donors (Lipinski definition) is 1. The Bertz CT molecular complexity index is 240. The predicted octanol–water partition coefficient (Wildman–Crippen LogP) is 1.47. The van der Waals surface area contributed by atoms with E-state index in [1.165, 1.54) is 0 Å². The van der Waals surface area contributed by atoms with Gasteiger partial charge < -0.3 is 8.27 Å². The smallest absolute Gasteiger partial charge is 0.177 e. The van der Waals surface area contributed by atoms with Gasteiger partial charge in [0.1, 0.15) is 0 Å². The van der Waals surface area contributed by atoms with Gasteiger partial charge in [-0.3, -0.25) is 4.68 Å². The molecule has 0 saturated heterocycles. The second kappa shape index (κ2) is 6.14. The van der Waals surface area contributed by atoms with Gasteiger partial charge in [-0.05, 0) is 12.8 Å². The predicted molar refractivity (Wildman–Crippen MR) is 58.8 cm³/mol. The SMILES string of the molecule is COCCCCn1cc(NI)nn1. The maximum atomic E-state index is 4.95. The van der Waals surface area contributed by atoms with Gasteiger partial charge in [0.05, 0.1) is 29.1 Å². The van der Waals surface area contributed by atoms with E-state index in [1.54, 1.807) is 7.11 Å². The summed E-state index contributed by atoms with van der Waals surface area (Å²) in [6, 6.07) is 0. The Hall–Kier alpha value is -0.370. The normalized spacial score (nSPS) is 10.3. The summed E-state index contributed by atoms with van der Waals surface area (Å²) in [5.74, 6) is 0.798. The third kappa shape index (κ3) is 3.90. The standard InChI is InChI=1S/C7H13IN4O/c1-13-5-3-2-4-12-6-7(9-8)10-11-12/h6,9H,2-5H2,1H3. The molecule has 0 radical (unpaired) electrons. The van der Waals surface area contributed by atoms with Gasteiger partial charge in [0.2, 0.25) is 0 Å². The lowest BCUT2D eigenvalue weighted by Gasteiger charge is -1.99. The van der Waals surface area contributed by atoms with Gasteiger partial charge in [-0.1, -0.05) is 5.21 Å². The molecule has 6 heteroatoms. The van der Waals surface area contributed by atoms with E-state index in [2.05, 4.69) is 13.8 Å². The summed E-state index contributed by atoms with van der Waals surface area (Å²) < 4.78 is 9.68. The van der Waals surface area contributed by atoms with Crippen LogP contribution in [0.15, 0.2) is 6.20 Å². The molecule has 0 amide bonds. The van der Waals surface area contributed by atoms with Gasteiger partial charge >= 0.3 is 0 Å². The van der Waals surface area contributed by atoms with E-state index >= 15 is 0 Å². The maximum Gasteiger partial charge on any atom is 0.177 e. The van der Waals surface area contributed by atoms with Crippen molar-refractivity contribution in [2.24, 2.45) is 0 Å². The fourth-order valence-corrected chi connectivity index (χ4v) is 1.22. The highest BCUT2D eigenvalue weighted by atomic mass is 127. The van der Waals surface area contributed by atoms with Crippen LogP contribution in [0.1, 0.15) is 12.8 Å². The third-order valence-corrected chi connectivity index (χ3v) is 2.17. The number of unbranched alkanes of at least 4 members (excludes halogenated alkanes) is 1. The molecule has 0 saturated carbocycles. The van der Waals surface area contributed by atoms with Crippen LogP contribution < -0.4 is 3.53 Å². The average Bonchev–Trinajstić information content (AvgIpc) is 2.60. The van der Waals surface area contributed by atoms with Gasteiger partial charge in [0, 0.05) is 20.3 Å². The zero-order valence-electron chi connectivity index (χ0n) is 7.53. The number of ether oxygens (including phenoxy) is 1. The summed E-state index contributed by atoms with van der Waals surface area (Å²) >= 11 is 2.03. The number of aryl methyl sites for hydroxylation is 1. The van der Waals surface area contributed by atoms with Crippen LogP contribution in [0.5, 0.6) is 0 Å². The second-order valence-electron chi connectivity index (χ2n) is 2.66. The minimum Gasteiger partial charge on any atom is -0.385 e. The Morgan fingerprint density at radius 2 is 2.46 bits per heavy atom. The van der Waals surface area contributed by atoms with Crippen molar-refractivity contribution >= 4 is 28.7 Å². The molecule has 0 bridgehead atoms. The molecule has 0 fully saturated rings. The van der Waals surface area contributed by atoms with Crippen molar-refractivity contribution in [2.75, 3.05) is 17.2 Å². The summed E-state index contributed by atoms with van der Waals surface area (Å²) in [4.78, 5) is 0. The van der Waals surface area contributed by atoms with Crippen molar-refractivity contribution in [3.05, 3.63) is 6.20 Å². The first-order chi connectivity index (χ1) is 6.36. The molecule has 1 aromatic heterocycles. The second-order valence-corrected chi connectivity index (χ2v) is 3.20. The monoisotopic (exact) mass is 296 g/mol. The Kier molecular flexibility index (Phi) is 5.06. The fourth-order valence-electron chi connectivity index (χ4n) is 0.971. The van der Waals surface area contributed by atoms with Crippen LogP contribution in [-0.4, -0.2) is 28.7 Å². The largest absolute Gasteiger partial charge is 0.385 e. The van der Waals surface area contributed by atoms with E-state index in [0.29, 0.717) is 0 Å². The minimum absolute atomic E-state index is 0.798. The molecule has 0 atom stereocenters. The van der Waals surface area contributed by atoms with Crippen LogP contribution >= 0.6 is 22.9 Å². The molecule has 1 rings (SSSR count). The fraction of sp³-hybridized carbons (Fsp3) is 0.714. The Morgan fingerprint density at radius 1 is 1.62 bits per heavy atom. The molecule has 5 nitrogen and oxygen atoms in total. The first-order valence-electron chi connectivity index (χ1n) is 4.12. The van der Waals surface area contributed by atoms with E-state index < -0.39 is 0 Å². The van der Waals surface area contributed by atoms with Gasteiger partial charge in [-0.25, -0.2) is 0 Å². The highest BCUT2D eigenvalue weighted by molar-refractivity contribution is 14.1. The molecule has 0 spiro atoms. The topological polar surface area (TPSA) is 52.0 Å². The van der Waals surface area contributed by atoms with E-state index in [1.807, 2.05) is 33.7 Å². The lowest BCUT2D eigenvalue weighted by atomic mass is 10.3. The molecule has 0 aliphatic rings. The molecule has 0 aliphatic heterocycles. The van der Waals surface area contributed by atoms with Crippen LogP contribution in [0.4, 0.5) is 5.82 Å². The summed E-state index contributed by atoms with van der Waals surface area (Å²) in [6.07, 6.45) is 4.01. The minimum atomic E-state index is 0.798. The maximum absolute atomic E-state index is 4.95. The van der Waals surface area contributed by atoms with Crippen molar-refractivity contribution in [1.29, 1.82) is 0 Å². The Balaban J connectivity index is 2.20. The van der Waals surface area contributed by atoms with Crippen molar-refractivity contribution in [3.8, 4) is 0 Å². The van der Waals surface area contributed by atoms with Crippen LogP contribution in [0.25, 0.3) is 0 Å². The van der Waals surface area contributed by atoms with E-state index in [0.717, 1.165) is 31.8 Å². The molecule has 0 aliphatic carbocycles. The molecule has 0 unspecified atom stereocenters. The number of aromatic nitrogens is 3. The number of rotatable bonds is 6. The van der Waals surface area contributed by atoms with Crippen LogP contribution in [0, 0.1) is 0 Å². The summed E-state index contributed by atoms with van der Waals surface area (Å²) in [7, 11) is 1.72. The van der Waals surface area contributed by atoms with Gasteiger partial charge in [-0.15, -0.1) is 5.10 Å². The van der Waals surface area contributed by atoms with E-state index in [4.69, 9.17) is 4.74 Å². The Labute approximate surface area is 91.3 Å². The molecule has 13 heavy (non-hydrogen) atoms. The number of methoxy groups -OCH3 is 1. The first kappa shape index (κ1) is 10.7. The third-order valence-electron chi connectivity index (χ3n) is 1.62. The zero-order chi connectivity index (χ0) is 9.52. The average molecular weight is 296 g/mol. The molecule has 1 heterocycles. The lowest BCUT2D eigenvalue weighted by Crippen LogP contribution is -2.00. The number of halogens is 1. The molecular weight excluding hydrogens is 283 g/mol. The quantitative estimate of drug-likeness (QED) is 0.490. The van der Waals surface area contributed by atoms with Gasteiger partial charge in [0.15, 0.2) is 5.82 Å². The number of nitrogens with zero attached hydrogens (tertiary/aromatic N) is 3. The summed E-state index contributed by atoms with van der Waals surface area (Å²) in [6.45, 7) is 1.71. The highest BCUT2D eigenvalue weighted by Gasteiger charge is 1.97. The molecular formula is C7H13IN4O. The molecule has 1 aromatic rings. The molecule has 1 N–H and O–H groups in total. The lowest BCUT2D eigenvalue weighted by molar-refractivity contribution is 0.191. The zero-order valence-corrected chi connectivity index (χ0v) is 9.69. The summed E-state index contributed by atoms with van der Waals surface area (Å²) in [5, 5.41) is 7.84. The highest BCUT2D eigenvalue weighted by Crippen LogP contribution is 2.03.